The first kappa shape index (κ1) is 39.3. The summed E-state index contributed by atoms with van der Waals surface area (Å²) >= 11 is 0. The molecule has 0 saturated carbocycles. The molecule has 2 amide bonds. The average molecular weight is 833 g/mol. The number of aromatic nitrogens is 4. The zero-order valence-electron chi connectivity index (χ0n) is 33.2. The summed E-state index contributed by atoms with van der Waals surface area (Å²) in [6.07, 6.45) is 17.3. The predicted molar refractivity (Wildman–Crippen MR) is 227 cm³/mol. The van der Waals surface area contributed by atoms with Gasteiger partial charge >= 0.3 is 0 Å². The molecule has 62 heavy (non-hydrogen) atoms. The molecule has 0 saturated heterocycles. The first-order valence-electron chi connectivity index (χ1n) is 19.8. The number of rotatable bonds is 2. The van der Waals surface area contributed by atoms with Crippen molar-refractivity contribution in [2.75, 3.05) is 49.7 Å². The van der Waals surface area contributed by atoms with Crippen LogP contribution in [0.4, 0.5) is 0 Å². The first-order valence-corrected chi connectivity index (χ1v) is 19.8. The summed E-state index contributed by atoms with van der Waals surface area (Å²) in [5, 5.41) is 24.9. The Hall–Kier alpha value is -8.14. The second kappa shape index (κ2) is 16.8. The molecular formula is C46H40N8O8. The molecule has 0 aliphatic carbocycles. The van der Waals surface area contributed by atoms with Crippen LogP contribution in [0.5, 0.6) is 23.0 Å². The molecule has 16 nitrogen and oxygen atoms in total. The molecule has 0 radical (unpaired) electrons. The van der Waals surface area contributed by atoms with Crippen LogP contribution in [-0.2, 0) is 0 Å². The number of fused-ring (bicyclic) bond motifs is 10. The Morgan fingerprint density at radius 2 is 0.952 bits per heavy atom. The van der Waals surface area contributed by atoms with Crippen molar-refractivity contribution in [3.63, 3.8) is 0 Å². The Morgan fingerprint density at radius 3 is 1.37 bits per heavy atom. The highest BCUT2D eigenvalue weighted by Crippen LogP contribution is 2.38. The maximum absolute atomic E-state index is 13.1. The van der Waals surface area contributed by atoms with Crippen LogP contribution in [0.2, 0.25) is 0 Å². The molecule has 4 aliphatic heterocycles. The molecule has 4 aromatic heterocycles. The van der Waals surface area contributed by atoms with Crippen molar-refractivity contribution in [1.82, 2.24) is 29.1 Å². The van der Waals surface area contributed by atoms with E-state index < -0.39 is 34.2 Å². The van der Waals surface area contributed by atoms with Gasteiger partial charge in [-0.2, -0.15) is 0 Å². The minimum Gasteiger partial charge on any atom is -0.502 e. The van der Waals surface area contributed by atoms with Gasteiger partial charge in [-0.15, -0.1) is 0 Å². The van der Waals surface area contributed by atoms with Gasteiger partial charge in [-0.1, -0.05) is 72.8 Å². The SMILES string of the molecule is O=C1c2c(O)c(=O)ccn2N2CN1C/C=C\COc1ccncc1C2c1ccccc1.O=C1c2c(O)c(=O)ccn2N2CN1C/C=C\COc1ccncc1C2c1ccccc1. The molecule has 10 rings (SSSR count). The van der Waals surface area contributed by atoms with Crippen molar-refractivity contribution in [2.45, 2.75) is 12.1 Å². The molecule has 8 heterocycles. The number of carbonyl (C=O) groups excluding carboxylic acids is 2. The highest BCUT2D eigenvalue weighted by atomic mass is 16.5. The van der Waals surface area contributed by atoms with Gasteiger partial charge in [-0.3, -0.25) is 48.5 Å². The number of nitrogens with zero attached hydrogens (tertiary/aromatic N) is 8. The zero-order chi connectivity index (χ0) is 42.7. The first-order chi connectivity index (χ1) is 30.3. The van der Waals surface area contributed by atoms with Gasteiger partial charge in [0.1, 0.15) is 50.1 Å². The lowest BCUT2D eigenvalue weighted by Gasteiger charge is -2.43. The summed E-state index contributed by atoms with van der Waals surface area (Å²) in [5.41, 5.74) is 2.21. The van der Waals surface area contributed by atoms with Crippen LogP contribution in [0.3, 0.4) is 0 Å². The lowest BCUT2D eigenvalue weighted by atomic mass is 9.98. The number of ether oxygens (including phenoxy) is 2. The third kappa shape index (κ3) is 7.27. The van der Waals surface area contributed by atoms with Crippen LogP contribution >= 0.6 is 0 Å². The number of benzene rings is 2. The second-order valence-corrected chi connectivity index (χ2v) is 14.7. The van der Waals surface area contributed by atoms with E-state index in [-0.39, 0.29) is 36.8 Å². The molecule has 312 valence electrons. The van der Waals surface area contributed by atoms with Crippen LogP contribution in [-0.4, -0.2) is 90.8 Å². The van der Waals surface area contributed by atoms with E-state index >= 15 is 0 Å². The van der Waals surface area contributed by atoms with E-state index in [2.05, 4.69) is 9.97 Å². The standard InChI is InChI=1S/2C23H20N4O4/c2*28-18-9-12-26-21(22(18)29)23(30)25-11-4-5-13-31-19-8-10-24-14-17(19)20(27(26)15-25)16-6-2-1-3-7-16/h2*1-10,12,14,20,29H,11,13,15H2/b2*5-4-. The molecule has 0 spiro atoms. The Labute approximate surface area is 354 Å². The van der Waals surface area contributed by atoms with E-state index in [1.807, 2.05) is 107 Å². The summed E-state index contributed by atoms with van der Waals surface area (Å²) in [6, 6.07) is 24.9. The Kier molecular flexibility index (Phi) is 10.7. The minimum atomic E-state index is -0.595. The third-order valence-electron chi connectivity index (χ3n) is 11.0. The lowest BCUT2D eigenvalue weighted by Crippen LogP contribution is -2.55. The molecule has 4 bridgehead atoms. The van der Waals surface area contributed by atoms with E-state index in [9.17, 15) is 29.4 Å². The molecular weight excluding hydrogens is 793 g/mol. The summed E-state index contributed by atoms with van der Waals surface area (Å²) < 4.78 is 15.1. The lowest BCUT2D eigenvalue weighted by molar-refractivity contribution is 0.0694. The summed E-state index contributed by atoms with van der Waals surface area (Å²) in [4.78, 5) is 62.4. The van der Waals surface area contributed by atoms with Crippen LogP contribution in [0.15, 0.2) is 156 Å². The molecule has 0 fully saturated rings. The van der Waals surface area contributed by atoms with Crippen molar-refractivity contribution in [3.8, 4) is 23.0 Å². The predicted octanol–water partition coefficient (Wildman–Crippen LogP) is 4.08. The smallest absolute Gasteiger partial charge is 0.278 e. The van der Waals surface area contributed by atoms with Crippen LogP contribution in [0.25, 0.3) is 0 Å². The highest BCUT2D eigenvalue weighted by Gasteiger charge is 2.39. The fourth-order valence-electron chi connectivity index (χ4n) is 8.04. The number of hydrogen-bond donors (Lipinski definition) is 2. The van der Waals surface area contributed by atoms with Crippen molar-refractivity contribution >= 4 is 11.8 Å². The van der Waals surface area contributed by atoms with Gasteiger partial charge in [0.25, 0.3) is 11.8 Å². The Bertz CT molecular complexity index is 2640. The minimum absolute atomic E-state index is 0.0568. The summed E-state index contributed by atoms with van der Waals surface area (Å²) in [7, 11) is 0. The van der Waals surface area contributed by atoms with Gasteiger partial charge in [0, 0.05) is 73.5 Å². The number of amides is 2. The van der Waals surface area contributed by atoms with Gasteiger partial charge < -0.3 is 29.5 Å². The summed E-state index contributed by atoms with van der Waals surface area (Å²) in [6.45, 7) is 1.81. The fraction of sp³-hybridized carbons (Fsp3) is 0.174. The van der Waals surface area contributed by atoms with Gasteiger partial charge in [0.15, 0.2) is 22.9 Å². The monoisotopic (exact) mass is 832 g/mol. The second-order valence-electron chi connectivity index (χ2n) is 14.7. The van der Waals surface area contributed by atoms with Crippen LogP contribution in [0.1, 0.15) is 55.3 Å². The van der Waals surface area contributed by atoms with E-state index in [0.29, 0.717) is 37.8 Å². The van der Waals surface area contributed by atoms with Crippen molar-refractivity contribution in [3.05, 3.63) is 201 Å². The van der Waals surface area contributed by atoms with E-state index in [0.717, 1.165) is 22.3 Å². The van der Waals surface area contributed by atoms with E-state index in [4.69, 9.17) is 9.47 Å². The fourth-order valence-corrected chi connectivity index (χ4v) is 8.04. The summed E-state index contributed by atoms with van der Waals surface area (Å²) in [5.74, 6) is -0.591. The Morgan fingerprint density at radius 1 is 0.532 bits per heavy atom. The number of hydrogen-bond acceptors (Lipinski definition) is 12. The molecule has 6 aromatic rings. The number of carbonyl (C=O) groups is 2. The average Bonchev–Trinajstić information content (AvgIpc) is 3.35. The Balaban J connectivity index is 0.000000158. The van der Waals surface area contributed by atoms with Gasteiger partial charge in [-0.25, -0.2) is 0 Å². The quantitative estimate of drug-likeness (QED) is 0.240. The van der Waals surface area contributed by atoms with E-state index in [1.54, 1.807) is 43.9 Å². The van der Waals surface area contributed by atoms with Gasteiger partial charge in [-0.05, 0) is 35.4 Å². The molecule has 4 aliphatic rings. The van der Waals surface area contributed by atoms with Crippen LogP contribution < -0.4 is 30.3 Å². The topological polar surface area (TPSA) is 176 Å². The van der Waals surface area contributed by atoms with Crippen molar-refractivity contribution in [1.29, 1.82) is 0 Å². The van der Waals surface area contributed by atoms with E-state index in [1.165, 1.54) is 24.5 Å². The zero-order valence-corrected chi connectivity index (χ0v) is 33.2. The maximum atomic E-state index is 13.1. The number of aromatic hydroxyl groups is 2. The molecule has 2 unspecified atom stereocenters. The molecule has 2 N–H and O–H groups in total. The number of pyridine rings is 4. The maximum Gasteiger partial charge on any atom is 0.278 e. The molecule has 2 atom stereocenters. The van der Waals surface area contributed by atoms with Crippen molar-refractivity contribution in [2.24, 2.45) is 0 Å². The highest BCUT2D eigenvalue weighted by molar-refractivity contribution is 5.97. The normalized spacial score (nSPS) is 19.0. The van der Waals surface area contributed by atoms with Gasteiger partial charge in [0.2, 0.25) is 10.9 Å². The van der Waals surface area contributed by atoms with Gasteiger partial charge in [0.05, 0.1) is 0 Å². The third-order valence-corrected chi connectivity index (χ3v) is 11.0. The molecule has 16 heteroatoms. The largest absolute Gasteiger partial charge is 0.502 e. The van der Waals surface area contributed by atoms with Crippen molar-refractivity contribution < 1.29 is 29.3 Å². The van der Waals surface area contributed by atoms with Crippen LogP contribution in [0, 0.1) is 0 Å². The molecule has 2 aromatic carbocycles.